The van der Waals surface area contributed by atoms with Crippen LogP contribution in [0, 0.1) is 0 Å². The van der Waals surface area contributed by atoms with Gasteiger partial charge in [-0.2, -0.15) is 0 Å². The molecular formula is C37H64O4. The fraction of sp³-hybridized carbons (Fsp3) is 0.730. The van der Waals surface area contributed by atoms with Crippen LogP contribution in [0.2, 0.25) is 0 Å². The van der Waals surface area contributed by atoms with Crippen LogP contribution in [0.25, 0.3) is 0 Å². The van der Waals surface area contributed by atoms with Gasteiger partial charge >= 0.3 is 11.9 Å². The fourth-order valence-corrected chi connectivity index (χ4v) is 4.82. The molecule has 41 heavy (non-hydrogen) atoms. The van der Waals surface area contributed by atoms with Gasteiger partial charge in [0.25, 0.3) is 0 Å². The first-order chi connectivity index (χ1) is 20.1. The summed E-state index contributed by atoms with van der Waals surface area (Å²) in [6.07, 6.45) is 42.9. The smallest absolute Gasteiger partial charge is 0.306 e. The van der Waals surface area contributed by atoms with Crippen molar-refractivity contribution in [2.75, 3.05) is 0 Å². The van der Waals surface area contributed by atoms with Crippen LogP contribution in [0.3, 0.4) is 0 Å². The topological polar surface area (TPSA) is 63.6 Å². The molecule has 0 fully saturated rings. The van der Waals surface area contributed by atoms with Crippen molar-refractivity contribution in [3.63, 3.8) is 0 Å². The first-order valence-electron chi connectivity index (χ1n) is 17.1. The third-order valence-electron chi connectivity index (χ3n) is 7.32. The highest BCUT2D eigenvalue weighted by molar-refractivity contribution is 5.69. The zero-order chi connectivity index (χ0) is 30.1. The summed E-state index contributed by atoms with van der Waals surface area (Å²) in [5, 5.41) is 8.79. The molecule has 0 aliphatic carbocycles. The maximum absolute atomic E-state index is 12.4. The highest BCUT2D eigenvalue weighted by atomic mass is 16.5. The number of hydrogen-bond donors (Lipinski definition) is 1. The van der Waals surface area contributed by atoms with E-state index in [1.807, 2.05) is 0 Å². The second kappa shape index (κ2) is 32.4. The van der Waals surface area contributed by atoms with Gasteiger partial charge in [0.15, 0.2) is 0 Å². The highest BCUT2D eigenvalue weighted by Gasteiger charge is 2.14. The molecule has 0 aromatic rings. The van der Waals surface area contributed by atoms with Crippen molar-refractivity contribution >= 4 is 11.9 Å². The number of carbonyl (C=O) groups is 2. The van der Waals surface area contributed by atoms with Gasteiger partial charge in [0.1, 0.15) is 6.10 Å². The molecule has 0 aromatic heterocycles. The number of unbranched alkanes of at least 4 members (excludes halogenated alkanes) is 13. The van der Waals surface area contributed by atoms with E-state index in [1.54, 1.807) is 0 Å². The van der Waals surface area contributed by atoms with E-state index in [1.165, 1.54) is 64.2 Å². The molecular weight excluding hydrogens is 508 g/mol. The first-order valence-corrected chi connectivity index (χ1v) is 17.1. The van der Waals surface area contributed by atoms with E-state index in [2.05, 4.69) is 62.5 Å². The summed E-state index contributed by atoms with van der Waals surface area (Å²) in [6, 6.07) is 0. The number of rotatable bonds is 30. The average molecular weight is 573 g/mol. The average Bonchev–Trinajstić information content (AvgIpc) is 2.95. The Morgan fingerprint density at radius 2 is 1.02 bits per heavy atom. The minimum atomic E-state index is -0.731. The summed E-state index contributed by atoms with van der Waals surface area (Å²) in [7, 11) is 0. The predicted molar refractivity (Wildman–Crippen MR) is 176 cm³/mol. The maximum Gasteiger partial charge on any atom is 0.306 e. The molecule has 0 aliphatic rings. The lowest BCUT2D eigenvalue weighted by atomic mass is 10.0. The molecule has 0 aromatic carbocycles. The third-order valence-corrected chi connectivity index (χ3v) is 7.32. The number of carbonyl (C=O) groups excluding carboxylic acids is 1. The Labute approximate surface area is 253 Å². The molecule has 236 valence electrons. The van der Waals surface area contributed by atoms with Crippen LogP contribution in [-0.4, -0.2) is 23.1 Å². The molecule has 0 aliphatic heterocycles. The van der Waals surface area contributed by atoms with Crippen molar-refractivity contribution in [1.82, 2.24) is 0 Å². The van der Waals surface area contributed by atoms with Gasteiger partial charge in [-0.1, -0.05) is 127 Å². The Kier molecular flexibility index (Phi) is 30.8. The quantitative estimate of drug-likeness (QED) is 0.0528. The van der Waals surface area contributed by atoms with E-state index in [0.717, 1.165) is 70.6 Å². The molecule has 0 amide bonds. The van der Waals surface area contributed by atoms with E-state index in [-0.39, 0.29) is 18.5 Å². The SMILES string of the molecule is CC/C=C\C/C=C\C/C=C\C/C=C\CCCCCCCCCCC(=O)OC(CCCCCC)CCCCCC(=O)O. The number of allylic oxidation sites excluding steroid dienone is 8. The number of esters is 1. The zero-order valence-corrected chi connectivity index (χ0v) is 26.8. The van der Waals surface area contributed by atoms with Crippen LogP contribution in [0.5, 0.6) is 0 Å². The number of carboxylic acid groups (broad SMARTS) is 1. The lowest BCUT2D eigenvalue weighted by Gasteiger charge is -2.18. The Morgan fingerprint density at radius 3 is 1.59 bits per heavy atom. The molecule has 0 saturated carbocycles. The van der Waals surface area contributed by atoms with Crippen LogP contribution in [0.1, 0.15) is 168 Å². The Hall–Kier alpha value is -2.10. The predicted octanol–water partition coefficient (Wildman–Crippen LogP) is 11.6. The summed E-state index contributed by atoms with van der Waals surface area (Å²) >= 11 is 0. The second-order valence-electron chi connectivity index (χ2n) is 11.3. The minimum absolute atomic E-state index is 0.000802. The van der Waals surface area contributed by atoms with Crippen LogP contribution in [0.15, 0.2) is 48.6 Å². The summed E-state index contributed by atoms with van der Waals surface area (Å²) in [6.45, 7) is 4.36. The number of aliphatic carboxylic acids is 1. The van der Waals surface area contributed by atoms with Crippen molar-refractivity contribution in [3.05, 3.63) is 48.6 Å². The number of hydrogen-bond acceptors (Lipinski definition) is 3. The lowest BCUT2D eigenvalue weighted by molar-refractivity contribution is -0.150. The number of ether oxygens (including phenoxy) is 1. The molecule has 4 nitrogen and oxygen atoms in total. The summed E-state index contributed by atoms with van der Waals surface area (Å²) in [4.78, 5) is 23.1. The molecule has 0 rings (SSSR count). The molecule has 0 bridgehead atoms. The molecule has 1 atom stereocenters. The molecule has 0 spiro atoms. The monoisotopic (exact) mass is 572 g/mol. The van der Waals surface area contributed by atoms with Crippen LogP contribution < -0.4 is 0 Å². The van der Waals surface area contributed by atoms with Gasteiger partial charge in [0.2, 0.25) is 0 Å². The van der Waals surface area contributed by atoms with Gasteiger partial charge in [-0.05, 0) is 77.0 Å². The molecule has 1 unspecified atom stereocenters. The largest absolute Gasteiger partial charge is 0.481 e. The number of carboxylic acids is 1. The highest BCUT2D eigenvalue weighted by Crippen LogP contribution is 2.17. The summed E-state index contributed by atoms with van der Waals surface area (Å²) < 4.78 is 5.83. The van der Waals surface area contributed by atoms with Crippen molar-refractivity contribution < 1.29 is 19.4 Å². The lowest BCUT2D eigenvalue weighted by Crippen LogP contribution is -2.18. The standard InChI is InChI=1S/C37H64O4/c1-3-5-7-9-10-11-12-13-14-15-16-17-18-19-20-21-22-23-24-25-30-34-37(40)41-35(31-27-8-6-4-2)32-28-26-29-33-36(38)39/h5,7,10-11,13-14,16-17,35H,3-4,6,8-9,12,15,18-34H2,1-2H3,(H,38,39)/b7-5-,11-10-,14-13-,17-16-. The van der Waals surface area contributed by atoms with Gasteiger partial charge in [0.05, 0.1) is 0 Å². The van der Waals surface area contributed by atoms with E-state index in [9.17, 15) is 9.59 Å². The molecule has 4 heteroatoms. The first kappa shape index (κ1) is 38.9. The third kappa shape index (κ3) is 32.3. The van der Waals surface area contributed by atoms with Gasteiger partial charge in [-0.25, -0.2) is 0 Å². The van der Waals surface area contributed by atoms with Gasteiger partial charge in [-0.15, -0.1) is 0 Å². The van der Waals surface area contributed by atoms with E-state index in [0.29, 0.717) is 12.8 Å². The van der Waals surface area contributed by atoms with E-state index >= 15 is 0 Å². The van der Waals surface area contributed by atoms with Crippen molar-refractivity contribution in [3.8, 4) is 0 Å². The van der Waals surface area contributed by atoms with E-state index in [4.69, 9.17) is 9.84 Å². The van der Waals surface area contributed by atoms with E-state index < -0.39 is 5.97 Å². The molecule has 0 radical (unpaired) electrons. The van der Waals surface area contributed by atoms with Crippen molar-refractivity contribution in [2.24, 2.45) is 0 Å². The Bertz CT molecular complexity index is 704. The second-order valence-corrected chi connectivity index (χ2v) is 11.3. The van der Waals surface area contributed by atoms with Gasteiger partial charge in [-0.3, -0.25) is 9.59 Å². The van der Waals surface area contributed by atoms with Crippen LogP contribution in [0.4, 0.5) is 0 Å². The summed E-state index contributed by atoms with van der Waals surface area (Å²) in [5.74, 6) is -0.780. The normalized spacial score (nSPS) is 12.8. The van der Waals surface area contributed by atoms with Crippen molar-refractivity contribution in [2.45, 2.75) is 174 Å². The van der Waals surface area contributed by atoms with Crippen molar-refractivity contribution in [1.29, 1.82) is 0 Å². The maximum atomic E-state index is 12.4. The molecule has 0 saturated heterocycles. The minimum Gasteiger partial charge on any atom is -0.481 e. The molecule has 1 N–H and O–H groups in total. The zero-order valence-electron chi connectivity index (χ0n) is 26.8. The Balaban J connectivity index is 3.73. The van der Waals surface area contributed by atoms with Gasteiger partial charge in [0, 0.05) is 12.8 Å². The van der Waals surface area contributed by atoms with Gasteiger partial charge < -0.3 is 9.84 Å². The van der Waals surface area contributed by atoms with Crippen LogP contribution >= 0.6 is 0 Å². The Morgan fingerprint density at radius 1 is 0.561 bits per heavy atom. The fourth-order valence-electron chi connectivity index (χ4n) is 4.82. The van der Waals surface area contributed by atoms with Crippen LogP contribution in [-0.2, 0) is 14.3 Å². The molecule has 0 heterocycles. The summed E-state index contributed by atoms with van der Waals surface area (Å²) in [5.41, 5.74) is 0.